The van der Waals surface area contributed by atoms with E-state index < -0.39 is 11.5 Å². The number of carbonyl (C=O) groups is 2. The molecule has 0 saturated carbocycles. The van der Waals surface area contributed by atoms with Crippen molar-refractivity contribution in [3.05, 3.63) is 29.1 Å². The van der Waals surface area contributed by atoms with Gasteiger partial charge in [0.05, 0.1) is 12.2 Å². The Morgan fingerprint density at radius 1 is 1.48 bits per heavy atom. The van der Waals surface area contributed by atoms with Crippen LogP contribution in [-0.2, 0) is 16.1 Å². The van der Waals surface area contributed by atoms with Gasteiger partial charge in [0.2, 0.25) is 0 Å². The van der Waals surface area contributed by atoms with Crippen LogP contribution in [-0.4, -0.2) is 39.9 Å². The summed E-state index contributed by atoms with van der Waals surface area (Å²) >= 11 is 0. The molecule has 0 spiro atoms. The molecular formula is C16H21N3O4. The molecule has 2 N–H and O–H groups in total. The number of hydrogen-bond acceptors (Lipinski definition) is 5. The fourth-order valence-corrected chi connectivity index (χ4v) is 2.21. The molecule has 0 bridgehead atoms. The molecule has 7 heteroatoms. The number of amidine groups is 1. The molecule has 1 amide bonds. The Morgan fingerprint density at radius 2 is 2.17 bits per heavy atom. The van der Waals surface area contributed by atoms with E-state index in [1.807, 2.05) is 20.8 Å². The Hall–Kier alpha value is -2.28. The van der Waals surface area contributed by atoms with Gasteiger partial charge in [-0.3, -0.25) is 9.78 Å². The number of carboxylic acid groups (broad SMARTS) is 1. The second kappa shape index (κ2) is 6.45. The Bertz CT molecular complexity index is 669. The third kappa shape index (κ3) is 3.24. The first-order valence-electron chi connectivity index (χ1n) is 7.51. The number of carbonyl (C=O) groups excluding carboxylic acids is 1. The number of pyridine rings is 1. The minimum Gasteiger partial charge on any atom is -0.478 e. The number of nitrogens with one attached hydrogen (secondary N) is 1. The highest BCUT2D eigenvalue weighted by molar-refractivity contribution is 6.17. The first-order chi connectivity index (χ1) is 10.8. The number of ether oxygens (including phenoxy) is 1. The summed E-state index contributed by atoms with van der Waals surface area (Å²) in [5, 5.41) is 12.1. The highest BCUT2D eigenvalue weighted by atomic mass is 16.5. The van der Waals surface area contributed by atoms with Gasteiger partial charge in [-0.05, 0) is 31.4 Å². The van der Waals surface area contributed by atoms with E-state index in [1.54, 1.807) is 6.92 Å². The van der Waals surface area contributed by atoms with Crippen molar-refractivity contribution in [1.82, 2.24) is 10.3 Å². The van der Waals surface area contributed by atoms with Gasteiger partial charge in [0.25, 0.3) is 5.91 Å². The molecule has 1 aliphatic heterocycles. The average molecular weight is 319 g/mol. The zero-order valence-electron chi connectivity index (χ0n) is 13.7. The topological polar surface area (TPSA) is 101 Å². The summed E-state index contributed by atoms with van der Waals surface area (Å²) in [5.41, 5.74) is -0.106. The van der Waals surface area contributed by atoms with Crippen molar-refractivity contribution in [1.29, 1.82) is 0 Å². The number of hydrogen-bond donors (Lipinski definition) is 2. The van der Waals surface area contributed by atoms with Crippen LogP contribution in [0.4, 0.5) is 0 Å². The largest absolute Gasteiger partial charge is 0.478 e. The number of aliphatic imine (C=N–C) groups is 1. The van der Waals surface area contributed by atoms with Gasteiger partial charge in [0, 0.05) is 12.8 Å². The van der Waals surface area contributed by atoms with Crippen molar-refractivity contribution >= 4 is 17.7 Å². The van der Waals surface area contributed by atoms with E-state index in [9.17, 15) is 14.7 Å². The lowest BCUT2D eigenvalue weighted by Gasteiger charge is -2.21. The molecule has 0 saturated heterocycles. The molecule has 0 aliphatic carbocycles. The second-order valence-electron chi connectivity index (χ2n) is 5.90. The Morgan fingerprint density at radius 3 is 2.70 bits per heavy atom. The van der Waals surface area contributed by atoms with Gasteiger partial charge >= 0.3 is 5.97 Å². The lowest BCUT2D eigenvalue weighted by molar-refractivity contribution is -0.124. The maximum atomic E-state index is 12.2. The lowest BCUT2D eigenvalue weighted by atomic mass is 9.89. The number of nitrogens with zero attached hydrogens (tertiary/aromatic N) is 2. The molecule has 1 aromatic rings. The smallest absolute Gasteiger partial charge is 0.338 e. The summed E-state index contributed by atoms with van der Waals surface area (Å²) in [7, 11) is 0. The van der Waals surface area contributed by atoms with Gasteiger partial charge in [0.15, 0.2) is 5.84 Å². The summed E-state index contributed by atoms with van der Waals surface area (Å²) in [6.07, 6.45) is 1.54. The van der Waals surface area contributed by atoms with Crippen LogP contribution in [0.3, 0.4) is 0 Å². The molecule has 0 fully saturated rings. The Kier molecular flexibility index (Phi) is 4.79. The first-order valence-corrected chi connectivity index (χ1v) is 7.51. The summed E-state index contributed by atoms with van der Waals surface area (Å²) in [4.78, 5) is 32.3. The molecule has 1 aliphatic rings. The van der Waals surface area contributed by atoms with E-state index in [1.165, 1.54) is 12.3 Å². The van der Waals surface area contributed by atoms with Crippen LogP contribution in [0, 0.1) is 5.92 Å². The quantitative estimate of drug-likeness (QED) is 0.829. The van der Waals surface area contributed by atoms with Crippen LogP contribution >= 0.6 is 0 Å². The highest BCUT2D eigenvalue weighted by Crippen LogP contribution is 2.27. The number of rotatable bonds is 6. The van der Waals surface area contributed by atoms with Gasteiger partial charge in [-0.25, -0.2) is 9.79 Å². The molecule has 0 radical (unpaired) electrons. The molecule has 1 atom stereocenters. The maximum Gasteiger partial charge on any atom is 0.338 e. The van der Waals surface area contributed by atoms with Crippen molar-refractivity contribution in [3.63, 3.8) is 0 Å². The van der Waals surface area contributed by atoms with E-state index >= 15 is 0 Å². The lowest BCUT2D eigenvalue weighted by Crippen LogP contribution is -2.41. The monoisotopic (exact) mass is 319 g/mol. The van der Waals surface area contributed by atoms with E-state index in [0.717, 1.165) is 0 Å². The van der Waals surface area contributed by atoms with Crippen LogP contribution in [0.25, 0.3) is 0 Å². The maximum absolute atomic E-state index is 12.2. The summed E-state index contributed by atoms with van der Waals surface area (Å²) in [5.74, 6) is -1.20. The van der Waals surface area contributed by atoms with Crippen LogP contribution < -0.4 is 5.32 Å². The van der Waals surface area contributed by atoms with Gasteiger partial charge in [-0.15, -0.1) is 0 Å². The average Bonchev–Trinajstić information content (AvgIpc) is 2.81. The van der Waals surface area contributed by atoms with Gasteiger partial charge in [0.1, 0.15) is 11.2 Å². The summed E-state index contributed by atoms with van der Waals surface area (Å²) < 4.78 is 5.27. The van der Waals surface area contributed by atoms with Gasteiger partial charge in [-0.2, -0.15) is 0 Å². The van der Waals surface area contributed by atoms with Crippen molar-refractivity contribution < 1.29 is 19.4 Å². The standard InChI is InChI=1S/C16H21N3O4/c1-5-23-8-10-6-11(14(20)21)12(17-7-10)13-18-15(22)16(4,19-13)9(2)3/h6-7,9H,5,8H2,1-4H3,(H,20,21)(H,18,19,22). The van der Waals surface area contributed by atoms with Crippen LogP contribution in [0.15, 0.2) is 17.3 Å². The number of aromatic carboxylic acids is 1. The summed E-state index contributed by atoms with van der Waals surface area (Å²) in [6.45, 7) is 8.18. The third-order valence-corrected chi connectivity index (χ3v) is 4.03. The third-order valence-electron chi connectivity index (χ3n) is 4.03. The van der Waals surface area contributed by atoms with Crippen LogP contribution in [0.2, 0.25) is 0 Å². The number of amides is 1. The summed E-state index contributed by atoms with van der Waals surface area (Å²) in [6, 6.07) is 1.50. The molecule has 23 heavy (non-hydrogen) atoms. The van der Waals surface area contributed by atoms with E-state index in [0.29, 0.717) is 12.2 Å². The number of aromatic nitrogens is 1. The van der Waals surface area contributed by atoms with Crippen molar-refractivity contribution in [2.24, 2.45) is 10.9 Å². The molecule has 7 nitrogen and oxygen atoms in total. The highest BCUT2D eigenvalue weighted by Gasteiger charge is 2.43. The molecule has 124 valence electrons. The molecule has 2 heterocycles. The van der Waals surface area contributed by atoms with E-state index in [4.69, 9.17) is 4.74 Å². The zero-order chi connectivity index (χ0) is 17.2. The predicted octanol–water partition coefficient (Wildman–Crippen LogP) is 1.61. The first kappa shape index (κ1) is 17.1. The van der Waals surface area contributed by atoms with Crippen molar-refractivity contribution in [3.8, 4) is 0 Å². The predicted molar refractivity (Wildman–Crippen MR) is 84.4 cm³/mol. The zero-order valence-corrected chi connectivity index (χ0v) is 13.7. The van der Waals surface area contributed by atoms with Crippen LogP contribution in [0.1, 0.15) is 49.3 Å². The SMILES string of the molecule is CCOCc1cnc(C2=NC(C)(C(C)C)C(=O)N2)c(C(=O)O)c1. The van der Waals surface area contributed by atoms with E-state index in [-0.39, 0.29) is 35.5 Å². The van der Waals surface area contributed by atoms with Gasteiger partial charge in [-0.1, -0.05) is 13.8 Å². The number of carboxylic acids is 1. The van der Waals surface area contributed by atoms with Crippen molar-refractivity contribution in [2.45, 2.75) is 39.8 Å². The second-order valence-corrected chi connectivity index (χ2v) is 5.90. The Balaban J connectivity index is 2.44. The Labute approximate surface area is 134 Å². The van der Waals surface area contributed by atoms with Crippen molar-refractivity contribution in [2.75, 3.05) is 6.61 Å². The molecular weight excluding hydrogens is 298 g/mol. The molecule has 0 aromatic carbocycles. The minimum atomic E-state index is -1.12. The fraction of sp³-hybridized carbons (Fsp3) is 0.500. The van der Waals surface area contributed by atoms with Crippen LogP contribution in [0.5, 0.6) is 0 Å². The molecule has 2 rings (SSSR count). The van der Waals surface area contributed by atoms with E-state index in [2.05, 4.69) is 15.3 Å². The minimum absolute atomic E-state index is 0.00532. The normalized spacial score (nSPS) is 20.6. The molecule has 1 unspecified atom stereocenters. The fourth-order valence-electron chi connectivity index (χ4n) is 2.21. The molecule has 1 aromatic heterocycles. The van der Waals surface area contributed by atoms with Gasteiger partial charge < -0.3 is 15.2 Å².